The number of ketones is 2. The van der Waals surface area contributed by atoms with E-state index in [9.17, 15) is 14.4 Å². The minimum atomic E-state index is -0.939. The number of nitrogens with zero attached hydrogens (tertiary/aromatic N) is 2. The Morgan fingerprint density at radius 2 is 1.62 bits per heavy atom. The number of hydrogen-bond acceptors (Lipinski definition) is 5. The van der Waals surface area contributed by atoms with E-state index in [0.717, 1.165) is 43.6 Å². The van der Waals surface area contributed by atoms with Crippen molar-refractivity contribution in [1.29, 1.82) is 0 Å². The maximum atomic E-state index is 13.5. The van der Waals surface area contributed by atoms with Gasteiger partial charge in [-0.3, -0.25) is 9.59 Å². The largest absolute Gasteiger partial charge is 0.478 e. The van der Waals surface area contributed by atoms with Crippen LogP contribution < -0.4 is 0 Å². The fourth-order valence-electron chi connectivity index (χ4n) is 5.67. The number of rotatable bonds is 3. The number of benzene rings is 5. The molecule has 206 valence electrons. The van der Waals surface area contributed by atoms with Gasteiger partial charge in [-0.25, -0.2) is 14.8 Å². The normalized spacial score (nSPS) is 16.2. The third-order valence-electron chi connectivity index (χ3n) is 7.86. The maximum Gasteiger partial charge on any atom is 0.335 e. The van der Waals surface area contributed by atoms with Crippen LogP contribution in [0, 0.1) is 5.92 Å². The van der Waals surface area contributed by atoms with Crippen molar-refractivity contribution in [2.75, 3.05) is 0 Å². The Bertz CT molecular complexity index is 2020. The number of carbonyl (C=O) groups is 3. The molecule has 0 bridgehead atoms. The van der Waals surface area contributed by atoms with Gasteiger partial charge in [-0.1, -0.05) is 79.2 Å². The number of fused-ring (bicyclic) bond motifs is 6. The molecule has 0 fully saturated rings. The van der Waals surface area contributed by atoms with Crippen molar-refractivity contribution in [3.63, 3.8) is 0 Å². The molecule has 0 aliphatic heterocycles. The third kappa shape index (κ3) is 5.01. The van der Waals surface area contributed by atoms with E-state index in [2.05, 4.69) is 28.2 Å². The molecule has 1 aliphatic rings. The van der Waals surface area contributed by atoms with E-state index in [1.54, 1.807) is 30.5 Å². The molecule has 6 nitrogen and oxygen atoms in total. The van der Waals surface area contributed by atoms with E-state index < -0.39 is 11.9 Å². The van der Waals surface area contributed by atoms with Gasteiger partial charge in [0.2, 0.25) is 0 Å². The molecule has 0 saturated carbocycles. The second-order valence-corrected chi connectivity index (χ2v) is 10.8. The maximum absolute atomic E-state index is 13.5. The summed E-state index contributed by atoms with van der Waals surface area (Å²) >= 11 is 5.98. The molecule has 0 saturated heterocycles. The van der Waals surface area contributed by atoms with Crippen molar-refractivity contribution in [1.82, 2.24) is 9.97 Å². The van der Waals surface area contributed by atoms with E-state index >= 15 is 0 Å². The molecule has 7 rings (SSSR count). The molecule has 6 aromatic rings. The van der Waals surface area contributed by atoms with E-state index in [-0.39, 0.29) is 23.0 Å². The number of hydrogen-bond donors (Lipinski definition) is 1. The number of halogens is 1. The van der Waals surface area contributed by atoms with Crippen LogP contribution in [0.2, 0.25) is 5.02 Å². The summed E-state index contributed by atoms with van der Waals surface area (Å²) in [6, 6.07) is 28.4. The quantitative estimate of drug-likeness (QED) is 0.172. The molecule has 1 aliphatic carbocycles. The molecule has 42 heavy (non-hydrogen) atoms. The predicted octanol–water partition coefficient (Wildman–Crippen LogP) is 7.70. The van der Waals surface area contributed by atoms with Gasteiger partial charge in [0.05, 0.1) is 17.0 Å². The topological polar surface area (TPSA) is 97.2 Å². The van der Waals surface area contributed by atoms with Gasteiger partial charge in [0.15, 0.2) is 11.6 Å². The molecule has 2 unspecified atom stereocenters. The van der Waals surface area contributed by atoms with Crippen LogP contribution in [-0.2, 0) is 11.2 Å². The van der Waals surface area contributed by atoms with E-state index in [0.29, 0.717) is 17.0 Å². The first-order valence-corrected chi connectivity index (χ1v) is 13.9. The minimum Gasteiger partial charge on any atom is -0.478 e. The Hall–Kier alpha value is -4.94. The molecule has 1 aromatic heterocycles. The number of carboxylic acids is 1. The van der Waals surface area contributed by atoms with Crippen LogP contribution in [0.15, 0.2) is 104 Å². The van der Waals surface area contributed by atoms with Crippen LogP contribution >= 0.6 is 11.6 Å². The lowest BCUT2D eigenvalue weighted by Crippen LogP contribution is -2.35. The van der Waals surface area contributed by atoms with Crippen LogP contribution in [0.25, 0.3) is 32.4 Å². The number of aromatic carboxylic acids is 1. The molecule has 0 amide bonds. The zero-order valence-electron chi connectivity index (χ0n) is 22.6. The van der Waals surface area contributed by atoms with E-state index in [1.807, 2.05) is 49.4 Å². The molecule has 5 aromatic carbocycles. The highest BCUT2D eigenvalue weighted by Gasteiger charge is 2.39. The van der Waals surface area contributed by atoms with Crippen LogP contribution in [0.1, 0.15) is 44.7 Å². The van der Waals surface area contributed by atoms with Gasteiger partial charge in [-0.05, 0) is 69.4 Å². The highest BCUT2D eigenvalue weighted by atomic mass is 35.5. The average Bonchev–Trinajstić information content (AvgIpc) is 3.02. The molecule has 0 radical (unpaired) electrons. The first-order valence-electron chi connectivity index (χ1n) is 13.5. The second-order valence-electron chi connectivity index (χ2n) is 10.4. The molecule has 0 spiro atoms. The van der Waals surface area contributed by atoms with Crippen molar-refractivity contribution in [2.24, 2.45) is 5.92 Å². The summed E-state index contributed by atoms with van der Waals surface area (Å²) in [5.41, 5.74) is 3.50. The predicted molar refractivity (Wildman–Crippen MR) is 164 cm³/mol. The Labute approximate surface area is 246 Å². The van der Waals surface area contributed by atoms with Gasteiger partial charge in [-0.15, -0.1) is 0 Å². The molecule has 1 heterocycles. The smallest absolute Gasteiger partial charge is 0.335 e. The Morgan fingerprint density at radius 3 is 2.40 bits per heavy atom. The number of carboxylic acid groups (broad SMARTS) is 1. The molecule has 7 heteroatoms. The Kier molecular flexibility index (Phi) is 7.23. The summed E-state index contributed by atoms with van der Waals surface area (Å²) in [6.07, 6.45) is 3.43. The fourth-order valence-corrected chi connectivity index (χ4v) is 5.79. The summed E-state index contributed by atoms with van der Waals surface area (Å²) in [4.78, 5) is 45.0. The fraction of sp³-hybridized carbons (Fsp3) is 0.114. The first-order chi connectivity index (χ1) is 20.3. The van der Waals surface area contributed by atoms with Crippen LogP contribution in [0.5, 0.6) is 0 Å². The SMILES string of the molecule is CC1C(=O)C(Cc2ccc(Cl)cc2)C(=O)c2c1ccc1c2ccc2ccccc21.O=C(O)c1ccc2ncncc2c1. The van der Waals surface area contributed by atoms with Crippen LogP contribution in [-0.4, -0.2) is 32.6 Å². The van der Waals surface area contributed by atoms with Gasteiger partial charge >= 0.3 is 5.97 Å². The van der Waals surface area contributed by atoms with Crippen molar-refractivity contribution in [3.8, 4) is 0 Å². The summed E-state index contributed by atoms with van der Waals surface area (Å²) in [6.45, 7) is 1.91. The lowest BCUT2D eigenvalue weighted by molar-refractivity contribution is -0.122. The second kappa shape index (κ2) is 11.1. The lowest BCUT2D eigenvalue weighted by atomic mass is 9.72. The first kappa shape index (κ1) is 27.2. The summed E-state index contributed by atoms with van der Waals surface area (Å²) in [7, 11) is 0. The van der Waals surface area contributed by atoms with Gasteiger partial charge in [0.25, 0.3) is 0 Å². The van der Waals surface area contributed by atoms with E-state index in [4.69, 9.17) is 16.7 Å². The minimum absolute atomic E-state index is 0.00223. The van der Waals surface area contributed by atoms with Gasteiger partial charge in [0.1, 0.15) is 6.33 Å². The third-order valence-corrected chi connectivity index (χ3v) is 8.11. The summed E-state index contributed by atoms with van der Waals surface area (Å²) in [5, 5.41) is 14.3. The van der Waals surface area contributed by atoms with Gasteiger partial charge < -0.3 is 5.11 Å². The van der Waals surface area contributed by atoms with Crippen molar-refractivity contribution < 1.29 is 19.5 Å². The monoisotopic (exact) mass is 572 g/mol. The van der Waals surface area contributed by atoms with Crippen molar-refractivity contribution >= 4 is 61.6 Å². The Morgan fingerprint density at radius 1 is 0.857 bits per heavy atom. The number of aromatic nitrogens is 2. The zero-order chi connectivity index (χ0) is 29.4. The standard InChI is InChI=1S/C26H19ClO2.C9H6N2O2/c1-15-19-12-13-21-20-5-3-2-4-17(20)8-11-22(21)24(19)26(29)23(25(15)28)14-16-6-9-18(27)10-7-16;12-9(13)6-1-2-8-7(3-6)4-10-5-11-8/h2-13,15,23H,14H2,1H3;1-5H,(H,12,13). The number of carbonyl (C=O) groups excluding carboxylic acids is 2. The molecule has 2 atom stereocenters. The number of Topliss-reactive ketones (excluding diaryl/α,β-unsaturated/α-hetero) is 2. The molecular weight excluding hydrogens is 548 g/mol. The van der Waals surface area contributed by atoms with Gasteiger partial charge in [0, 0.05) is 28.1 Å². The lowest BCUT2D eigenvalue weighted by Gasteiger charge is -2.28. The zero-order valence-corrected chi connectivity index (χ0v) is 23.4. The van der Waals surface area contributed by atoms with Gasteiger partial charge in [-0.2, -0.15) is 0 Å². The Balaban J connectivity index is 0.000000203. The highest BCUT2D eigenvalue weighted by molar-refractivity contribution is 6.30. The van der Waals surface area contributed by atoms with Crippen molar-refractivity contribution in [3.05, 3.63) is 131 Å². The van der Waals surface area contributed by atoms with Crippen LogP contribution in [0.3, 0.4) is 0 Å². The average molecular weight is 573 g/mol. The van der Waals surface area contributed by atoms with Crippen LogP contribution in [0.4, 0.5) is 0 Å². The highest BCUT2D eigenvalue weighted by Crippen LogP contribution is 2.39. The van der Waals surface area contributed by atoms with E-state index in [1.165, 1.54) is 12.4 Å². The van der Waals surface area contributed by atoms with Crippen molar-refractivity contribution in [2.45, 2.75) is 19.3 Å². The summed E-state index contributed by atoms with van der Waals surface area (Å²) < 4.78 is 0. The molecule has 1 N–H and O–H groups in total. The summed E-state index contributed by atoms with van der Waals surface area (Å²) in [5.74, 6) is -1.96. The molecular formula is C35H25ClN2O4.